The summed E-state index contributed by atoms with van der Waals surface area (Å²) in [6, 6.07) is 15.1. The maximum atomic E-state index is 12.5. The fourth-order valence-corrected chi connectivity index (χ4v) is 2.95. The molecule has 0 fully saturated rings. The molecule has 29 heavy (non-hydrogen) atoms. The molecule has 152 valence electrons. The summed E-state index contributed by atoms with van der Waals surface area (Å²) in [6.45, 7) is 3.90. The van der Waals surface area contributed by atoms with Crippen LogP contribution in [0.5, 0.6) is 5.75 Å². The van der Waals surface area contributed by atoms with Crippen molar-refractivity contribution in [2.45, 2.75) is 33.1 Å². The van der Waals surface area contributed by atoms with E-state index in [0.717, 1.165) is 28.7 Å². The van der Waals surface area contributed by atoms with E-state index in [1.54, 1.807) is 0 Å². The van der Waals surface area contributed by atoms with E-state index in [1.807, 2.05) is 48.9 Å². The van der Waals surface area contributed by atoms with Gasteiger partial charge in [0, 0.05) is 12.1 Å². The molecular weight excluding hydrogens is 383 g/mol. The highest BCUT2D eigenvalue weighted by atomic mass is 19.4. The molecule has 0 atom stereocenters. The summed E-state index contributed by atoms with van der Waals surface area (Å²) in [5.41, 5.74) is 3.79. The highest BCUT2D eigenvalue weighted by molar-refractivity contribution is 5.92. The van der Waals surface area contributed by atoms with Crippen LogP contribution in [0.15, 0.2) is 54.6 Å². The zero-order chi connectivity index (χ0) is 21.0. The molecule has 0 bridgehead atoms. The minimum absolute atomic E-state index is 0.0188. The maximum absolute atomic E-state index is 12.5. The summed E-state index contributed by atoms with van der Waals surface area (Å²) in [7, 11) is 0. The average molecular weight is 403 g/mol. The standard InChI is InChI=1S/C21H20F3N3O2/c1-14-13-15(2)27(26-14)17-10-7-16(8-11-17)9-12-20(28)25-18-5-3-4-6-19(18)29-21(22,23)24/h3-8,10-11,13H,9,12H2,1-2H3,(H,25,28). The average Bonchev–Trinajstić information content (AvgIpc) is 2.99. The molecule has 1 N–H and O–H groups in total. The minimum atomic E-state index is -4.83. The number of benzene rings is 2. The number of aromatic nitrogens is 2. The van der Waals surface area contributed by atoms with E-state index in [-0.39, 0.29) is 12.1 Å². The number of amides is 1. The number of aryl methyl sites for hydroxylation is 3. The molecule has 0 saturated heterocycles. The third-order valence-corrected chi connectivity index (χ3v) is 4.22. The van der Waals surface area contributed by atoms with Gasteiger partial charge in [0.1, 0.15) is 0 Å². The number of hydrogen-bond donors (Lipinski definition) is 1. The Kier molecular flexibility index (Phi) is 5.91. The number of anilines is 1. The van der Waals surface area contributed by atoms with Gasteiger partial charge in [0.15, 0.2) is 5.75 Å². The largest absolute Gasteiger partial charge is 0.573 e. The zero-order valence-corrected chi connectivity index (χ0v) is 16.0. The number of rotatable bonds is 6. The molecule has 0 unspecified atom stereocenters. The van der Waals surface area contributed by atoms with Gasteiger partial charge in [-0.15, -0.1) is 13.2 Å². The molecule has 0 spiro atoms. The van der Waals surface area contributed by atoms with Gasteiger partial charge in [-0.25, -0.2) is 4.68 Å². The van der Waals surface area contributed by atoms with Crippen molar-refractivity contribution in [3.63, 3.8) is 0 Å². The second kappa shape index (κ2) is 8.38. The highest BCUT2D eigenvalue weighted by Gasteiger charge is 2.32. The molecule has 3 rings (SSSR count). The summed E-state index contributed by atoms with van der Waals surface area (Å²) in [5.74, 6) is -0.839. The van der Waals surface area contributed by atoms with Crippen LogP contribution in [0.3, 0.4) is 0 Å². The lowest BCUT2D eigenvalue weighted by atomic mass is 10.1. The number of carbonyl (C=O) groups excluding carboxylic acids is 1. The Morgan fingerprint density at radius 2 is 1.79 bits per heavy atom. The van der Waals surface area contributed by atoms with Gasteiger partial charge in [-0.1, -0.05) is 24.3 Å². The molecule has 5 nitrogen and oxygen atoms in total. The van der Waals surface area contributed by atoms with Crippen LogP contribution in [0, 0.1) is 13.8 Å². The summed E-state index contributed by atoms with van der Waals surface area (Å²) in [4.78, 5) is 12.2. The van der Waals surface area contributed by atoms with Crippen molar-refractivity contribution in [2.24, 2.45) is 0 Å². The van der Waals surface area contributed by atoms with Crippen LogP contribution in [0.4, 0.5) is 18.9 Å². The molecule has 0 aliphatic carbocycles. The van der Waals surface area contributed by atoms with E-state index in [9.17, 15) is 18.0 Å². The van der Waals surface area contributed by atoms with E-state index in [4.69, 9.17) is 0 Å². The van der Waals surface area contributed by atoms with Crippen molar-refractivity contribution in [2.75, 3.05) is 5.32 Å². The number of nitrogens with one attached hydrogen (secondary N) is 1. The molecule has 1 amide bonds. The van der Waals surface area contributed by atoms with Crippen LogP contribution >= 0.6 is 0 Å². The zero-order valence-electron chi connectivity index (χ0n) is 16.0. The molecule has 8 heteroatoms. The van der Waals surface area contributed by atoms with Gasteiger partial charge in [0.25, 0.3) is 0 Å². The van der Waals surface area contributed by atoms with Gasteiger partial charge in [0.05, 0.1) is 17.1 Å². The topological polar surface area (TPSA) is 56.2 Å². The van der Waals surface area contributed by atoms with Crippen molar-refractivity contribution < 1.29 is 22.7 Å². The summed E-state index contributed by atoms with van der Waals surface area (Å²) in [5, 5.41) is 6.90. The van der Waals surface area contributed by atoms with Crippen molar-refractivity contribution in [3.05, 3.63) is 71.5 Å². The first-order valence-corrected chi connectivity index (χ1v) is 8.98. The van der Waals surface area contributed by atoms with Crippen molar-refractivity contribution in [1.29, 1.82) is 0 Å². The highest BCUT2D eigenvalue weighted by Crippen LogP contribution is 2.30. The second-order valence-corrected chi connectivity index (χ2v) is 6.60. The Labute approximate surface area is 166 Å². The van der Waals surface area contributed by atoms with E-state index >= 15 is 0 Å². The van der Waals surface area contributed by atoms with Gasteiger partial charge in [-0.2, -0.15) is 5.10 Å². The number of alkyl halides is 3. The van der Waals surface area contributed by atoms with Gasteiger partial charge in [0.2, 0.25) is 5.91 Å². The first-order valence-electron chi connectivity index (χ1n) is 8.98. The normalized spacial score (nSPS) is 11.3. The molecule has 0 aliphatic heterocycles. The summed E-state index contributed by atoms with van der Waals surface area (Å²) in [6.07, 6.45) is -4.25. The molecule has 1 heterocycles. The fourth-order valence-electron chi connectivity index (χ4n) is 2.95. The fraction of sp³-hybridized carbons (Fsp3) is 0.238. The monoisotopic (exact) mass is 403 g/mol. The summed E-state index contributed by atoms with van der Waals surface area (Å²) < 4.78 is 43.2. The molecule has 0 saturated carbocycles. The van der Waals surface area contributed by atoms with Crippen LogP contribution in [0.1, 0.15) is 23.4 Å². The number of halogens is 3. The molecule has 3 aromatic rings. The number of para-hydroxylation sites is 2. The van der Waals surface area contributed by atoms with Crippen LogP contribution in [0.25, 0.3) is 5.69 Å². The Hall–Kier alpha value is -3.29. The predicted octanol–water partition coefficient (Wildman–Crippen LogP) is 4.96. The Bertz CT molecular complexity index is 995. The SMILES string of the molecule is Cc1cc(C)n(-c2ccc(CCC(=O)Nc3ccccc3OC(F)(F)F)cc2)n1. The first kappa shape index (κ1) is 20.4. The molecular formula is C21H20F3N3O2. The number of carbonyl (C=O) groups is 1. The van der Waals surface area contributed by atoms with Gasteiger partial charge in [-0.3, -0.25) is 4.79 Å². The van der Waals surface area contributed by atoms with E-state index in [0.29, 0.717) is 6.42 Å². The van der Waals surface area contributed by atoms with Crippen LogP contribution < -0.4 is 10.1 Å². The lowest BCUT2D eigenvalue weighted by Gasteiger charge is -2.13. The third kappa shape index (κ3) is 5.60. The van der Waals surface area contributed by atoms with Gasteiger partial charge < -0.3 is 10.1 Å². The van der Waals surface area contributed by atoms with Crippen LogP contribution in [-0.4, -0.2) is 22.1 Å². The van der Waals surface area contributed by atoms with Crippen LogP contribution in [-0.2, 0) is 11.2 Å². The van der Waals surface area contributed by atoms with Crippen molar-refractivity contribution >= 4 is 11.6 Å². The minimum Gasteiger partial charge on any atom is -0.404 e. The van der Waals surface area contributed by atoms with Crippen molar-refractivity contribution in [3.8, 4) is 11.4 Å². The van der Waals surface area contributed by atoms with Crippen molar-refractivity contribution in [1.82, 2.24) is 9.78 Å². The molecule has 0 radical (unpaired) electrons. The second-order valence-electron chi connectivity index (χ2n) is 6.60. The van der Waals surface area contributed by atoms with E-state index in [1.165, 1.54) is 18.2 Å². The molecule has 1 aromatic heterocycles. The maximum Gasteiger partial charge on any atom is 0.573 e. The summed E-state index contributed by atoms with van der Waals surface area (Å²) >= 11 is 0. The lowest BCUT2D eigenvalue weighted by Crippen LogP contribution is -2.19. The van der Waals surface area contributed by atoms with E-state index in [2.05, 4.69) is 15.2 Å². The number of nitrogens with zero attached hydrogens (tertiary/aromatic N) is 2. The Morgan fingerprint density at radius 1 is 1.10 bits per heavy atom. The quantitative estimate of drug-likeness (QED) is 0.633. The van der Waals surface area contributed by atoms with Gasteiger partial charge >= 0.3 is 6.36 Å². The first-order chi connectivity index (χ1) is 13.7. The van der Waals surface area contributed by atoms with E-state index < -0.39 is 18.0 Å². The smallest absolute Gasteiger partial charge is 0.404 e. The Balaban J connectivity index is 1.60. The number of ether oxygens (including phenoxy) is 1. The molecule has 2 aromatic carbocycles. The molecule has 0 aliphatic rings. The third-order valence-electron chi connectivity index (χ3n) is 4.22. The van der Waals surface area contributed by atoms with Crippen LogP contribution in [0.2, 0.25) is 0 Å². The van der Waals surface area contributed by atoms with Gasteiger partial charge in [-0.05, 0) is 56.2 Å². The lowest BCUT2D eigenvalue weighted by molar-refractivity contribution is -0.274. The predicted molar refractivity (Wildman–Crippen MR) is 103 cm³/mol. The Morgan fingerprint density at radius 3 is 2.41 bits per heavy atom. The number of hydrogen-bond acceptors (Lipinski definition) is 3.